The lowest BCUT2D eigenvalue weighted by molar-refractivity contribution is -0.136. The van der Waals surface area contributed by atoms with Crippen molar-refractivity contribution < 1.29 is 14.4 Å². The van der Waals surface area contributed by atoms with E-state index in [-0.39, 0.29) is 18.2 Å². The molecule has 3 aliphatic heterocycles. The molecule has 2 saturated heterocycles. The number of carbonyl (C=O) groups is 3. The fourth-order valence-corrected chi connectivity index (χ4v) is 5.80. The highest BCUT2D eigenvalue weighted by Crippen LogP contribution is 2.35. The third kappa shape index (κ3) is 4.85. The fraction of sp³-hybridized carbons (Fsp3) is 0.333. The van der Waals surface area contributed by atoms with Crippen molar-refractivity contribution in [2.24, 2.45) is 0 Å². The summed E-state index contributed by atoms with van der Waals surface area (Å²) in [4.78, 5) is 48.7. The number of hydrogen-bond donors (Lipinski definition) is 1. The van der Waals surface area contributed by atoms with Gasteiger partial charge in [-0.2, -0.15) is 0 Å². The molecule has 0 aliphatic carbocycles. The van der Waals surface area contributed by atoms with Crippen LogP contribution in [-0.2, 0) is 29.2 Å². The van der Waals surface area contributed by atoms with Crippen molar-refractivity contribution in [1.29, 1.82) is 0 Å². The van der Waals surface area contributed by atoms with Gasteiger partial charge in [-0.3, -0.25) is 34.5 Å². The summed E-state index contributed by atoms with van der Waals surface area (Å²) in [6.45, 7) is 6.09. The lowest BCUT2D eigenvalue weighted by Gasteiger charge is -2.35. The summed E-state index contributed by atoms with van der Waals surface area (Å²) in [5, 5.41) is 2.38. The van der Waals surface area contributed by atoms with Crippen LogP contribution < -0.4 is 5.32 Å². The van der Waals surface area contributed by atoms with E-state index in [0.29, 0.717) is 18.5 Å². The van der Waals surface area contributed by atoms with E-state index < -0.39 is 11.9 Å². The molecule has 0 spiro atoms. The molecular weight excluding hydrogens is 478 g/mol. The zero-order valence-electron chi connectivity index (χ0n) is 21.3. The number of piperazine rings is 1. The van der Waals surface area contributed by atoms with Crippen molar-refractivity contribution in [3.8, 4) is 11.3 Å². The molecule has 2 aromatic carbocycles. The van der Waals surface area contributed by atoms with Crippen LogP contribution in [-0.4, -0.2) is 69.6 Å². The van der Waals surface area contributed by atoms with E-state index >= 15 is 0 Å². The highest BCUT2D eigenvalue weighted by molar-refractivity contribution is 6.06. The molecule has 1 aromatic heterocycles. The van der Waals surface area contributed by atoms with E-state index in [4.69, 9.17) is 4.98 Å². The number of amides is 3. The lowest BCUT2D eigenvalue weighted by atomic mass is 9.97. The smallest absolute Gasteiger partial charge is 0.255 e. The number of carbonyl (C=O) groups excluding carboxylic acids is 3. The molecule has 3 amide bonds. The Morgan fingerprint density at radius 2 is 1.55 bits per heavy atom. The minimum atomic E-state index is -0.629. The molecule has 0 saturated carbocycles. The fourth-order valence-electron chi connectivity index (χ4n) is 5.80. The van der Waals surface area contributed by atoms with Gasteiger partial charge in [-0.15, -0.1) is 0 Å². The second-order valence-electron chi connectivity index (χ2n) is 10.3. The summed E-state index contributed by atoms with van der Waals surface area (Å²) >= 11 is 0. The molecule has 1 unspecified atom stereocenters. The molecule has 6 rings (SSSR count). The maximum Gasteiger partial charge on any atom is 0.255 e. The predicted molar refractivity (Wildman–Crippen MR) is 143 cm³/mol. The maximum atomic E-state index is 13.3. The largest absolute Gasteiger partial charge is 0.322 e. The first-order valence-electron chi connectivity index (χ1n) is 13.3. The average Bonchev–Trinajstić information content (AvgIpc) is 3.27. The Balaban J connectivity index is 1.18. The van der Waals surface area contributed by atoms with Crippen molar-refractivity contribution in [3.05, 3.63) is 89.1 Å². The number of rotatable bonds is 6. The predicted octanol–water partition coefficient (Wildman–Crippen LogP) is 2.83. The van der Waals surface area contributed by atoms with E-state index in [1.165, 1.54) is 5.56 Å². The monoisotopic (exact) mass is 509 g/mol. The van der Waals surface area contributed by atoms with Gasteiger partial charge >= 0.3 is 0 Å². The molecule has 4 heterocycles. The molecular formula is C30H31N5O3. The molecule has 194 valence electrons. The zero-order valence-corrected chi connectivity index (χ0v) is 21.3. The molecule has 1 atom stereocenters. The molecule has 0 radical (unpaired) electrons. The number of imide groups is 1. The van der Waals surface area contributed by atoms with Crippen LogP contribution in [0.1, 0.15) is 39.9 Å². The van der Waals surface area contributed by atoms with Gasteiger partial charge in [-0.05, 0) is 35.2 Å². The van der Waals surface area contributed by atoms with Crippen LogP contribution in [0, 0.1) is 0 Å². The number of nitrogens with one attached hydrogen (secondary N) is 1. The van der Waals surface area contributed by atoms with Crippen molar-refractivity contribution >= 4 is 17.7 Å². The van der Waals surface area contributed by atoms with Crippen molar-refractivity contribution in [2.75, 3.05) is 26.2 Å². The van der Waals surface area contributed by atoms with Crippen molar-refractivity contribution in [1.82, 2.24) is 25.0 Å². The minimum Gasteiger partial charge on any atom is -0.322 e. The Labute approximate surface area is 222 Å². The summed E-state index contributed by atoms with van der Waals surface area (Å²) in [5.41, 5.74) is 5.80. The highest BCUT2D eigenvalue weighted by Gasteiger charge is 2.40. The Hall–Kier alpha value is -3.88. The topological polar surface area (TPSA) is 85.9 Å². The molecule has 3 aromatic rings. The first-order chi connectivity index (χ1) is 18.6. The Morgan fingerprint density at radius 3 is 2.32 bits per heavy atom. The van der Waals surface area contributed by atoms with Gasteiger partial charge in [-0.1, -0.05) is 48.5 Å². The number of fused-ring (bicyclic) bond motifs is 1. The van der Waals surface area contributed by atoms with E-state index in [2.05, 4.69) is 51.5 Å². The molecule has 1 N–H and O–H groups in total. The summed E-state index contributed by atoms with van der Waals surface area (Å²) in [6.07, 6.45) is 2.39. The number of pyridine rings is 1. The molecule has 2 fully saturated rings. The van der Waals surface area contributed by atoms with Crippen molar-refractivity contribution in [3.63, 3.8) is 0 Å². The van der Waals surface area contributed by atoms with E-state index in [9.17, 15) is 14.4 Å². The van der Waals surface area contributed by atoms with Crippen LogP contribution in [0.5, 0.6) is 0 Å². The molecule has 8 heteroatoms. The SMILES string of the molecule is O=C1CCC(N2Cc3c(cccc3-c3ncccc3CN3CCN(Cc4ccccc4)CC3)C2=O)C(=O)N1. The average molecular weight is 510 g/mol. The second kappa shape index (κ2) is 10.5. The maximum absolute atomic E-state index is 13.3. The molecule has 0 bridgehead atoms. The Morgan fingerprint density at radius 1 is 0.816 bits per heavy atom. The summed E-state index contributed by atoms with van der Waals surface area (Å²) < 4.78 is 0. The molecule has 3 aliphatic rings. The van der Waals surface area contributed by atoms with Gasteiger partial charge < -0.3 is 4.90 Å². The molecule has 8 nitrogen and oxygen atoms in total. The summed E-state index contributed by atoms with van der Waals surface area (Å²) in [6, 6.07) is 19.8. The summed E-state index contributed by atoms with van der Waals surface area (Å²) in [7, 11) is 0. The van der Waals surface area contributed by atoms with Crippen LogP contribution in [0.25, 0.3) is 11.3 Å². The third-order valence-corrected chi connectivity index (χ3v) is 7.84. The standard InChI is InChI=1S/C30H31N5O3/c36-27-12-11-26(29(37)32-27)35-20-25-23(9-4-10-24(25)30(35)38)28-22(8-5-13-31-28)19-34-16-14-33(15-17-34)18-21-6-2-1-3-7-21/h1-10,13,26H,11-12,14-20H2,(H,32,36,37). The number of nitrogens with zero attached hydrogens (tertiary/aromatic N) is 4. The number of hydrogen-bond acceptors (Lipinski definition) is 6. The third-order valence-electron chi connectivity index (χ3n) is 7.84. The van der Waals surface area contributed by atoms with Gasteiger partial charge in [0.15, 0.2) is 0 Å². The Kier molecular flexibility index (Phi) is 6.74. The normalized spacial score (nSPS) is 20.5. The number of aromatic nitrogens is 1. The minimum absolute atomic E-state index is 0.164. The first kappa shape index (κ1) is 24.5. The lowest BCUT2D eigenvalue weighted by Crippen LogP contribution is -2.52. The quantitative estimate of drug-likeness (QED) is 0.515. The van der Waals surface area contributed by atoms with Gasteiger partial charge in [0.1, 0.15) is 6.04 Å². The number of benzene rings is 2. The van der Waals surface area contributed by atoms with Gasteiger partial charge in [0.25, 0.3) is 5.91 Å². The second-order valence-corrected chi connectivity index (χ2v) is 10.3. The first-order valence-corrected chi connectivity index (χ1v) is 13.3. The van der Waals surface area contributed by atoms with Crippen LogP contribution in [0.15, 0.2) is 66.9 Å². The van der Waals surface area contributed by atoms with E-state index in [0.717, 1.165) is 61.7 Å². The zero-order chi connectivity index (χ0) is 26.1. The van der Waals surface area contributed by atoms with Gasteiger partial charge in [0, 0.05) is 69.6 Å². The Bertz CT molecular complexity index is 1370. The van der Waals surface area contributed by atoms with Crippen LogP contribution in [0.3, 0.4) is 0 Å². The number of piperidine rings is 1. The van der Waals surface area contributed by atoms with Crippen LogP contribution in [0.4, 0.5) is 0 Å². The van der Waals surface area contributed by atoms with Gasteiger partial charge in [0.2, 0.25) is 11.8 Å². The van der Waals surface area contributed by atoms with E-state index in [1.807, 2.05) is 24.3 Å². The van der Waals surface area contributed by atoms with Crippen LogP contribution >= 0.6 is 0 Å². The summed E-state index contributed by atoms with van der Waals surface area (Å²) in [5.74, 6) is -0.840. The van der Waals surface area contributed by atoms with E-state index in [1.54, 1.807) is 11.1 Å². The van der Waals surface area contributed by atoms with Crippen LogP contribution in [0.2, 0.25) is 0 Å². The van der Waals surface area contributed by atoms with Gasteiger partial charge in [0.05, 0.1) is 5.69 Å². The highest BCUT2D eigenvalue weighted by atomic mass is 16.2. The van der Waals surface area contributed by atoms with Gasteiger partial charge in [-0.25, -0.2) is 0 Å². The molecule has 38 heavy (non-hydrogen) atoms. The van der Waals surface area contributed by atoms with Crippen molar-refractivity contribution in [2.45, 2.75) is 38.5 Å².